The van der Waals surface area contributed by atoms with Crippen molar-refractivity contribution in [3.8, 4) is 0 Å². The number of nitrogens with zero attached hydrogens (tertiary/aromatic N) is 4. The summed E-state index contributed by atoms with van der Waals surface area (Å²) >= 11 is 0. The average Bonchev–Trinajstić information content (AvgIpc) is 3.19. The highest BCUT2D eigenvalue weighted by atomic mass is 16.2. The fourth-order valence-electron chi connectivity index (χ4n) is 3.09. The van der Waals surface area contributed by atoms with Crippen molar-refractivity contribution in [3.05, 3.63) is 47.4 Å². The molecule has 2 aromatic heterocycles. The quantitative estimate of drug-likeness (QED) is 0.770. The number of aryl methyl sites for hydroxylation is 1. The Morgan fingerprint density at radius 2 is 1.96 bits per heavy atom. The van der Waals surface area contributed by atoms with Crippen molar-refractivity contribution in [2.45, 2.75) is 33.0 Å². The van der Waals surface area contributed by atoms with Gasteiger partial charge in [-0.2, -0.15) is 5.10 Å². The number of hydrogen-bond donors (Lipinski definition) is 2. The number of aromatic amines is 1. The van der Waals surface area contributed by atoms with Crippen molar-refractivity contribution >= 4 is 22.8 Å². The number of anilines is 1. The standard InChI is InChI=1S/C17H18N6O/c1-10(17(24)23-8-12-5-3-4-6-13(12)9-23)19-15-14-7-18-22-16(14)21-11(2)20-15/h3-7,10H,8-9H2,1-2H3,(H2,18,19,20,21,22)/t10-/m1/s1. The molecule has 4 rings (SSSR count). The summed E-state index contributed by atoms with van der Waals surface area (Å²) in [7, 11) is 0. The van der Waals surface area contributed by atoms with E-state index in [2.05, 4.69) is 37.6 Å². The summed E-state index contributed by atoms with van der Waals surface area (Å²) in [6, 6.07) is 7.78. The number of aromatic nitrogens is 4. The van der Waals surface area contributed by atoms with Crippen LogP contribution in [0.1, 0.15) is 23.9 Å². The van der Waals surface area contributed by atoms with E-state index < -0.39 is 0 Å². The Balaban J connectivity index is 1.53. The van der Waals surface area contributed by atoms with Crippen LogP contribution in [-0.2, 0) is 17.9 Å². The number of H-pyrrole nitrogens is 1. The lowest BCUT2D eigenvalue weighted by Crippen LogP contribution is -2.38. The molecule has 1 aromatic carbocycles. The van der Waals surface area contributed by atoms with E-state index in [1.165, 1.54) is 11.1 Å². The van der Waals surface area contributed by atoms with Gasteiger partial charge in [-0.25, -0.2) is 9.97 Å². The van der Waals surface area contributed by atoms with Gasteiger partial charge in [0.2, 0.25) is 5.91 Å². The molecule has 2 N–H and O–H groups in total. The van der Waals surface area contributed by atoms with E-state index >= 15 is 0 Å². The topological polar surface area (TPSA) is 86.8 Å². The van der Waals surface area contributed by atoms with Gasteiger partial charge in [-0.15, -0.1) is 0 Å². The number of carbonyl (C=O) groups excluding carboxylic acids is 1. The summed E-state index contributed by atoms with van der Waals surface area (Å²) in [5.74, 6) is 1.31. The fraction of sp³-hybridized carbons (Fsp3) is 0.294. The van der Waals surface area contributed by atoms with Crippen molar-refractivity contribution in [3.63, 3.8) is 0 Å². The summed E-state index contributed by atoms with van der Waals surface area (Å²) in [5, 5.41) is 10.8. The zero-order valence-corrected chi connectivity index (χ0v) is 13.6. The van der Waals surface area contributed by atoms with Crippen LogP contribution in [0.4, 0.5) is 5.82 Å². The Hall–Kier alpha value is -2.96. The first-order valence-electron chi connectivity index (χ1n) is 7.91. The SMILES string of the molecule is Cc1nc(N[C@H](C)C(=O)N2Cc3ccccc3C2)c2cn[nH]c2n1. The Labute approximate surface area is 139 Å². The predicted octanol–water partition coefficient (Wildman–Crippen LogP) is 2.00. The van der Waals surface area contributed by atoms with Gasteiger partial charge >= 0.3 is 0 Å². The zero-order chi connectivity index (χ0) is 16.7. The van der Waals surface area contributed by atoms with Crippen molar-refractivity contribution in [2.24, 2.45) is 0 Å². The molecule has 3 aromatic rings. The largest absolute Gasteiger partial charge is 0.358 e. The molecular formula is C17H18N6O. The number of benzene rings is 1. The molecule has 0 fully saturated rings. The van der Waals surface area contributed by atoms with Crippen LogP contribution in [0.2, 0.25) is 0 Å². The molecule has 7 nitrogen and oxygen atoms in total. The number of rotatable bonds is 3. The minimum atomic E-state index is -0.383. The van der Waals surface area contributed by atoms with Gasteiger partial charge in [-0.1, -0.05) is 24.3 Å². The lowest BCUT2D eigenvalue weighted by Gasteiger charge is -2.21. The molecule has 0 aliphatic carbocycles. The first-order valence-corrected chi connectivity index (χ1v) is 7.91. The third-order valence-corrected chi connectivity index (χ3v) is 4.30. The average molecular weight is 322 g/mol. The summed E-state index contributed by atoms with van der Waals surface area (Å²) < 4.78 is 0. The van der Waals surface area contributed by atoms with Gasteiger partial charge in [-0.3, -0.25) is 9.89 Å². The maximum atomic E-state index is 12.8. The Kier molecular flexibility index (Phi) is 3.41. The minimum absolute atomic E-state index is 0.0547. The van der Waals surface area contributed by atoms with Crippen LogP contribution in [-0.4, -0.2) is 37.0 Å². The highest BCUT2D eigenvalue weighted by Crippen LogP contribution is 2.24. The number of nitrogens with one attached hydrogen (secondary N) is 2. The number of carbonyl (C=O) groups is 1. The second-order valence-corrected chi connectivity index (χ2v) is 6.08. The number of fused-ring (bicyclic) bond motifs is 2. The van der Waals surface area contributed by atoms with Gasteiger partial charge in [-0.05, 0) is 25.0 Å². The van der Waals surface area contributed by atoms with Gasteiger partial charge in [0.15, 0.2) is 5.65 Å². The van der Waals surface area contributed by atoms with Crippen molar-refractivity contribution in [1.82, 2.24) is 25.1 Å². The van der Waals surface area contributed by atoms with Gasteiger partial charge < -0.3 is 10.2 Å². The van der Waals surface area contributed by atoms with Crippen LogP contribution in [0, 0.1) is 6.92 Å². The molecule has 7 heteroatoms. The molecule has 1 atom stereocenters. The molecular weight excluding hydrogens is 304 g/mol. The van der Waals surface area contributed by atoms with Gasteiger partial charge in [0.25, 0.3) is 0 Å². The smallest absolute Gasteiger partial charge is 0.245 e. The summed E-state index contributed by atoms with van der Waals surface area (Å²) in [4.78, 5) is 23.3. The lowest BCUT2D eigenvalue weighted by atomic mass is 10.1. The molecule has 0 saturated heterocycles. The second-order valence-electron chi connectivity index (χ2n) is 6.08. The second kappa shape index (κ2) is 5.59. The summed E-state index contributed by atoms with van der Waals surface area (Å²) in [6.07, 6.45) is 1.67. The molecule has 0 unspecified atom stereocenters. The maximum absolute atomic E-state index is 12.8. The van der Waals surface area contributed by atoms with Gasteiger partial charge in [0.05, 0.1) is 11.6 Å². The van der Waals surface area contributed by atoms with Crippen LogP contribution in [0.15, 0.2) is 30.5 Å². The normalized spacial score (nSPS) is 14.7. The molecule has 1 amide bonds. The van der Waals surface area contributed by atoms with E-state index in [9.17, 15) is 4.79 Å². The summed E-state index contributed by atoms with van der Waals surface area (Å²) in [5.41, 5.74) is 3.10. The van der Waals surface area contributed by atoms with Crippen molar-refractivity contribution in [2.75, 3.05) is 5.32 Å². The van der Waals surface area contributed by atoms with Crippen molar-refractivity contribution < 1.29 is 4.79 Å². The highest BCUT2D eigenvalue weighted by molar-refractivity contribution is 5.90. The van der Waals surface area contributed by atoms with Crippen LogP contribution >= 0.6 is 0 Å². The lowest BCUT2D eigenvalue weighted by molar-refractivity contribution is -0.132. The molecule has 1 aliphatic heterocycles. The Morgan fingerprint density at radius 1 is 1.25 bits per heavy atom. The van der Waals surface area contributed by atoms with E-state index in [0.29, 0.717) is 30.4 Å². The number of amides is 1. The van der Waals surface area contributed by atoms with E-state index in [-0.39, 0.29) is 11.9 Å². The first kappa shape index (κ1) is 14.6. The molecule has 122 valence electrons. The Bertz CT molecular complexity index is 893. The fourth-order valence-corrected chi connectivity index (χ4v) is 3.09. The van der Waals surface area contributed by atoms with Crippen LogP contribution in [0.3, 0.4) is 0 Å². The Morgan fingerprint density at radius 3 is 2.67 bits per heavy atom. The van der Waals surface area contributed by atoms with Crippen molar-refractivity contribution in [1.29, 1.82) is 0 Å². The predicted molar refractivity (Wildman–Crippen MR) is 90.2 cm³/mol. The third-order valence-electron chi connectivity index (χ3n) is 4.30. The third kappa shape index (κ3) is 2.47. The highest BCUT2D eigenvalue weighted by Gasteiger charge is 2.27. The molecule has 0 bridgehead atoms. The molecule has 0 saturated carbocycles. The van der Waals surface area contributed by atoms with Gasteiger partial charge in [0.1, 0.15) is 17.7 Å². The zero-order valence-electron chi connectivity index (χ0n) is 13.6. The van der Waals surface area contributed by atoms with E-state index in [1.807, 2.05) is 30.9 Å². The maximum Gasteiger partial charge on any atom is 0.245 e. The molecule has 24 heavy (non-hydrogen) atoms. The first-order chi connectivity index (χ1) is 11.6. The number of hydrogen-bond acceptors (Lipinski definition) is 5. The summed E-state index contributed by atoms with van der Waals surface area (Å²) in [6.45, 7) is 4.99. The molecule has 1 aliphatic rings. The molecule has 0 spiro atoms. The van der Waals surface area contributed by atoms with Crippen LogP contribution < -0.4 is 5.32 Å². The molecule has 3 heterocycles. The minimum Gasteiger partial charge on any atom is -0.358 e. The van der Waals surface area contributed by atoms with Crippen LogP contribution in [0.5, 0.6) is 0 Å². The van der Waals surface area contributed by atoms with Gasteiger partial charge in [0, 0.05) is 13.1 Å². The van der Waals surface area contributed by atoms with E-state index in [1.54, 1.807) is 6.20 Å². The monoisotopic (exact) mass is 322 g/mol. The van der Waals surface area contributed by atoms with E-state index in [4.69, 9.17) is 0 Å². The van der Waals surface area contributed by atoms with E-state index in [0.717, 1.165) is 5.39 Å². The molecule has 0 radical (unpaired) electrons. The van der Waals surface area contributed by atoms with Crippen LogP contribution in [0.25, 0.3) is 11.0 Å².